The van der Waals surface area contributed by atoms with Crippen molar-refractivity contribution >= 4 is 5.65 Å². The predicted octanol–water partition coefficient (Wildman–Crippen LogP) is 1.23. The van der Waals surface area contributed by atoms with Gasteiger partial charge in [0.2, 0.25) is 5.88 Å². The third-order valence-electron chi connectivity index (χ3n) is 5.23. The van der Waals surface area contributed by atoms with Crippen LogP contribution in [-0.2, 0) is 0 Å². The molecule has 7 nitrogen and oxygen atoms in total. The van der Waals surface area contributed by atoms with E-state index in [4.69, 9.17) is 4.74 Å². The van der Waals surface area contributed by atoms with Crippen LogP contribution in [0.1, 0.15) is 43.8 Å². The lowest BCUT2D eigenvalue weighted by atomic mass is 9.79. The van der Waals surface area contributed by atoms with E-state index >= 15 is 0 Å². The summed E-state index contributed by atoms with van der Waals surface area (Å²) < 4.78 is 7.01. The molecule has 0 radical (unpaired) electrons. The number of nitrogens with zero attached hydrogens (tertiary/aromatic N) is 5. The second-order valence-electron chi connectivity index (χ2n) is 6.83. The molecular weight excluding hydrogens is 294 g/mol. The Labute approximate surface area is 135 Å². The summed E-state index contributed by atoms with van der Waals surface area (Å²) in [6, 6.07) is 3.68. The highest BCUT2D eigenvalue weighted by Gasteiger charge is 2.37. The van der Waals surface area contributed by atoms with Crippen molar-refractivity contribution in [2.24, 2.45) is 0 Å². The molecular formula is C16H23N5O2. The van der Waals surface area contributed by atoms with Gasteiger partial charge >= 0.3 is 0 Å². The SMILES string of the molecule is COc1ccc2nnc(C3CCN(CC4(O)CCC4)CC3)n2n1. The lowest BCUT2D eigenvalue weighted by Gasteiger charge is -2.42. The highest BCUT2D eigenvalue weighted by atomic mass is 16.5. The van der Waals surface area contributed by atoms with Crippen molar-refractivity contribution in [2.45, 2.75) is 43.6 Å². The van der Waals surface area contributed by atoms with Crippen molar-refractivity contribution in [2.75, 3.05) is 26.7 Å². The van der Waals surface area contributed by atoms with Crippen LogP contribution in [0.2, 0.25) is 0 Å². The number of piperidine rings is 1. The third-order valence-corrected chi connectivity index (χ3v) is 5.23. The summed E-state index contributed by atoms with van der Waals surface area (Å²) in [6.45, 7) is 2.80. The Morgan fingerprint density at radius 1 is 1.26 bits per heavy atom. The van der Waals surface area contributed by atoms with Crippen LogP contribution in [0.5, 0.6) is 5.88 Å². The fourth-order valence-electron chi connectivity index (χ4n) is 3.66. The summed E-state index contributed by atoms with van der Waals surface area (Å²) >= 11 is 0. The minimum atomic E-state index is -0.427. The van der Waals surface area contributed by atoms with Crippen LogP contribution < -0.4 is 4.74 Å². The molecule has 2 fully saturated rings. The molecule has 7 heteroatoms. The molecule has 1 aliphatic carbocycles. The summed E-state index contributed by atoms with van der Waals surface area (Å²) in [6.07, 6.45) is 5.11. The molecule has 2 aromatic heterocycles. The Kier molecular flexibility index (Phi) is 3.69. The van der Waals surface area contributed by atoms with Gasteiger partial charge in [0, 0.05) is 18.5 Å². The van der Waals surface area contributed by atoms with Gasteiger partial charge in [-0.2, -0.15) is 4.52 Å². The number of fused-ring (bicyclic) bond motifs is 1. The number of ether oxygens (including phenoxy) is 1. The quantitative estimate of drug-likeness (QED) is 0.914. The summed E-state index contributed by atoms with van der Waals surface area (Å²) in [4.78, 5) is 2.38. The highest BCUT2D eigenvalue weighted by Crippen LogP contribution is 2.34. The van der Waals surface area contributed by atoms with Crippen LogP contribution in [0, 0.1) is 0 Å². The maximum Gasteiger partial charge on any atom is 0.231 e. The minimum absolute atomic E-state index is 0.358. The van der Waals surface area contributed by atoms with Gasteiger partial charge in [-0.1, -0.05) is 0 Å². The Morgan fingerprint density at radius 2 is 2.04 bits per heavy atom. The number of methoxy groups -OCH3 is 1. The first-order valence-electron chi connectivity index (χ1n) is 8.38. The van der Waals surface area contributed by atoms with Crippen molar-refractivity contribution in [1.29, 1.82) is 0 Å². The fourth-order valence-corrected chi connectivity index (χ4v) is 3.66. The maximum atomic E-state index is 10.3. The van der Waals surface area contributed by atoms with E-state index in [-0.39, 0.29) is 0 Å². The molecule has 0 aromatic carbocycles. The zero-order valence-corrected chi connectivity index (χ0v) is 13.5. The molecule has 1 N–H and O–H groups in total. The number of hydrogen-bond donors (Lipinski definition) is 1. The van der Waals surface area contributed by atoms with E-state index in [0.29, 0.717) is 11.8 Å². The second-order valence-corrected chi connectivity index (χ2v) is 6.83. The lowest BCUT2D eigenvalue weighted by Crippen LogP contribution is -2.49. The summed E-state index contributed by atoms with van der Waals surface area (Å²) in [5.74, 6) is 1.85. The standard InChI is InChI=1S/C16H23N5O2/c1-23-14-4-3-13-17-18-15(21(13)19-14)12-5-9-20(10-6-12)11-16(22)7-2-8-16/h3-4,12,22H,2,5-11H2,1H3. The number of aliphatic hydroxyl groups is 1. The van der Waals surface area contributed by atoms with Gasteiger partial charge in [-0.25, -0.2) is 0 Å². The number of β-amino-alcohol motifs (C(OH)–C–C–N with tert-alkyl or cyclic N) is 1. The first kappa shape index (κ1) is 14.8. The molecule has 1 saturated carbocycles. The molecule has 0 spiro atoms. The number of likely N-dealkylation sites (tertiary alicyclic amines) is 1. The first-order chi connectivity index (χ1) is 11.2. The van der Waals surface area contributed by atoms with Crippen molar-refractivity contribution in [3.63, 3.8) is 0 Å². The van der Waals surface area contributed by atoms with Crippen LogP contribution in [-0.4, -0.2) is 62.2 Å². The van der Waals surface area contributed by atoms with Crippen LogP contribution in [0.4, 0.5) is 0 Å². The van der Waals surface area contributed by atoms with E-state index in [1.54, 1.807) is 17.7 Å². The van der Waals surface area contributed by atoms with Crippen molar-refractivity contribution in [3.05, 3.63) is 18.0 Å². The molecule has 124 valence electrons. The van der Waals surface area contributed by atoms with Gasteiger partial charge in [0.05, 0.1) is 12.7 Å². The monoisotopic (exact) mass is 317 g/mol. The average Bonchev–Trinajstić information content (AvgIpc) is 2.97. The molecule has 3 heterocycles. The molecule has 1 saturated heterocycles. The topological polar surface area (TPSA) is 75.8 Å². The van der Waals surface area contributed by atoms with E-state index in [1.165, 1.54) is 0 Å². The van der Waals surface area contributed by atoms with Crippen molar-refractivity contribution < 1.29 is 9.84 Å². The van der Waals surface area contributed by atoms with Crippen LogP contribution in [0.15, 0.2) is 12.1 Å². The minimum Gasteiger partial charge on any atom is -0.480 e. The number of rotatable bonds is 4. The van der Waals surface area contributed by atoms with Gasteiger partial charge < -0.3 is 14.7 Å². The van der Waals surface area contributed by atoms with Gasteiger partial charge in [-0.05, 0) is 51.3 Å². The van der Waals surface area contributed by atoms with E-state index in [9.17, 15) is 5.11 Å². The molecule has 1 aliphatic heterocycles. The van der Waals surface area contributed by atoms with Crippen molar-refractivity contribution in [1.82, 2.24) is 24.7 Å². The van der Waals surface area contributed by atoms with E-state index in [0.717, 1.165) is 63.2 Å². The van der Waals surface area contributed by atoms with Gasteiger partial charge in [-0.3, -0.25) is 0 Å². The number of aromatic nitrogens is 4. The van der Waals surface area contributed by atoms with Gasteiger partial charge in [0.15, 0.2) is 11.5 Å². The summed E-state index contributed by atoms with van der Waals surface area (Å²) in [5, 5.41) is 23.3. The van der Waals surface area contributed by atoms with E-state index in [2.05, 4.69) is 20.2 Å². The van der Waals surface area contributed by atoms with Gasteiger partial charge in [0.25, 0.3) is 0 Å². The molecule has 2 aliphatic rings. The van der Waals surface area contributed by atoms with E-state index < -0.39 is 5.60 Å². The summed E-state index contributed by atoms with van der Waals surface area (Å²) in [5.41, 5.74) is 0.329. The first-order valence-corrected chi connectivity index (χ1v) is 8.38. The molecule has 0 amide bonds. The van der Waals surface area contributed by atoms with Crippen LogP contribution in [0.3, 0.4) is 0 Å². The number of hydrogen-bond acceptors (Lipinski definition) is 6. The molecule has 2 aromatic rings. The predicted molar refractivity (Wildman–Crippen MR) is 84.5 cm³/mol. The Morgan fingerprint density at radius 3 is 2.70 bits per heavy atom. The molecule has 23 heavy (non-hydrogen) atoms. The second kappa shape index (κ2) is 5.72. The maximum absolute atomic E-state index is 10.3. The van der Waals surface area contributed by atoms with Gasteiger partial charge in [-0.15, -0.1) is 15.3 Å². The Balaban J connectivity index is 1.45. The fraction of sp³-hybridized carbons (Fsp3) is 0.688. The summed E-state index contributed by atoms with van der Waals surface area (Å²) in [7, 11) is 1.61. The Hall–Kier alpha value is -1.73. The Bertz CT molecular complexity index is 689. The molecule has 0 bridgehead atoms. The lowest BCUT2D eigenvalue weighted by molar-refractivity contribution is -0.0623. The van der Waals surface area contributed by atoms with Crippen LogP contribution in [0.25, 0.3) is 5.65 Å². The average molecular weight is 317 g/mol. The normalized spacial score (nSPS) is 22.2. The zero-order chi connectivity index (χ0) is 15.9. The largest absolute Gasteiger partial charge is 0.480 e. The van der Waals surface area contributed by atoms with Crippen LogP contribution >= 0.6 is 0 Å². The molecule has 4 rings (SSSR count). The van der Waals surface area contributed by atoms with Gasteiger partial charge in [0.1, 0.15) is 0 Å². The molecule has 0 atom stereocenters. The zero-order valence-electron chi connectivity index (χ0n) is 13.5. The van der Waals surface area contributed by atoms with E-state index in [1.807, 2.05) is 6.07 Å². The van der Waals surface area contributed by atoms with Crippen molar-refractivity contribution in [3.8, 4) is 5.88 Å². The highest BCUT2D eigenvalue weighted by molar-refractivity contribution is 5.38. The smallest absolute Gasteiger partial charge is 0.231 e. The molecule has 0 unspecified atom stereocenters. The third kappa shape index (κ3) is 2.79.